The van der Waals surface area contributed by atoms with Gasteiger partial charge in [0.25, 0.3) is 5.91 Å². The SMILES string of the molecule is C#CCNS(=O)(=O)c1ccc(C(=O)Nc2cnc(-c3ccccc3)nc2)cc1. The molecule has 0 saturated carbocycles. The lowest BCUT2D eigenvalue weighted by Gasteiger charge is -2.07. The van der Waals surface area contributed by atoms with Gasteiger partial charge in [-0.3, -0.25) is 4.79 Å². The van der Waals surface area contributed by atoms with Gasteiger partial charge in [-0.1, -0.05) is 36.3 Å². The first kappa shape index (κ1) is 19.2. The number of hydrogen-bond acceptors (Lipinski definition) is 5. The van der Waals surface area contributed by atoms with Crippen molar-refractivity contribution >= 4 is 21.6 Å². The average molecular weight is 392 g/mol. The molecular weight excluding hydrogens is 376 g/mol. The Hall–Kier alpha value is -3.54. The number of benzene rings is 2. The van der Waals surface area contributed by atoms with E-state index in [1.807, 2.05) is 30.3 Å². The molecule has 0 spiro atoms. The lowest BCUT2D eigenvalue weighted by molar-refractivity contribution is 0.102. The second-order valence-electron chi connectivity index (χ2n) is 5.67. The van der Waals surface area contributed by atoms with E-state index in [1.165, 1.54) is 36.7 Å². The number of hydrogen-bond donors (Lipinski definition) is 2. The minimum atomic E-state index is -3.70. The van der Waals surface area contributed by atoms with E-state index in [9.17, 15) is 13.2 Å². The van der Waals surface area contributed by atoms with Crippen LogP contribution in [0, 0.1) is 12.3 Å². The monoisotopic (exact) mass is 392 g/mol. The Balaban J connectivity index is 1.69. The van der Waals surface area contributed by atoms with Crippen LogP contribution in [0.5, 0.6) is 0 Å². The molecule has 0 fully saturated rings. The van der Waals surface area contributed by atoms with Gasteiger partial charge >= 0.3 is 0 Å². The van der Waals surface area contributed by atoms with Crippen LogP contribution in [0.15, 0.2) is 71.9 Å². The highest BCUT2D eigenvalue weighted by atomic mass is 32.2. The molecule has 0 atom stereocenters. The van der Waals surface area contributed by atoms with E-state index in [-0.39, 0.29) is 11.4 Å². The molecule has 2 aromatic carbocycles. The van der Waals surface area contributed by atoms with Gasteiger partial charge in [0.2, 0.25) is 10.0 Å². The third kappa shape index (κ3) is 4.59. The lowest BCUT2D eigenvalue weighted by atomic mass is 10.2. The molecule has 1 aromatic heterocycles. The third-order valence-electron chi connectivity index (χ3n) is 3.73. The van der Waals surface area contributed by atoms with Crippen molar-refractivity contribution in [3.63, 3.8) is 0 Å². The van der Waals surface area contributed by atoms with Gasteiger partial charge in [-0.25, -0.2) is 18.4 Å². The first-order valence-electron chi connectivity index (χ1n) is 8.21. The maximum absolute atomic E-state index is 12.3. The molecule has 3 rings (SSSR count). The van der Waals surface area contributed by atoms with Gasteiger partial charge in [0.1, 0.15) is 0 Å². The van der Waals surface area contributed by atoms with E-state index in [0.29, 0.717) is 17.1 Å². The van der Waals surface area contributed by atoms with Gasteiger partial charge in [0.05, 0.1) is 29.5 Å². The molecule has 1 amide bonds. The largest absolute Gasteiger partial charge is 0.319 e. The van der Waals surface area contributed by atoms with Crippen LogP contribution in [0.4, 0.5) is 5.69 Å². The summed E-state index contributed by atoms with van der Waals surface area (Å²) in [4.78, 5) is 20.8. The number of carbonyl (C=O) groups excluding carboxylic acids is 1. The van der Waals surface area contributed by atoms with Gasteiger partial charge in [-0.05, 0) is 24.3 Å². The van der Waals surface area contributed by atoms with Gasteiger partial charge in [0, 0.05) is 11.1 Å². The number of rotatable bonds is 6. The number of carbonyl (C=O) groups is 1. The van der Waals surface area contributed by atoms with Gasteiger partial charge in [-0.15, -0.1) is 6.42 Å². The summed E-state index contributed by atoms with van der Waals surface area (Å²) in [5, 5.41) is 2.67. The Morgan fingerprint density at radius 3 is 2.25 bits per heavy atom. The molecule has 1 heterocycles. The quantitative estimate of drug-likeness (QED) is 0.627. The average Bonchev–Trinajstić information content (AvgIpc) is 2.73. The van der Waals surface area contributed by atoms with Crippen LogP contribution in [0.1, 0.15) is 10.4 Å². The Labute approximate surface area is 162 Å². The van der Waals surface area contributed by atoms with Crippen LogP contribution in [0.2, 0.25) is 0 Å². The Morgan fingerprint density at radius 2 is 1.64 bits per heavy atom. The van der Waals surface area contributed by atoms with Crippen LogP contribution >= 0.6 is 0 Å². The topological polar surface area (TPSA) is 101 Å². The van der Waals surface area contributed by atoms with Crippen LogP contribution in [0.3, 0.4) is 0 Å². The minimum Gasteiger partial charge on any atom is -0.319 e. The zero-order valence-electron chi connectivity index (χ0n) is 14.7. The Morgan fingerprint density at radius 1 is 1.00 bits per heavy atom. The van der Waals surface area contributed by atoms with Crippen molar-refractivity contribution in [2.24, 2.45) is 0 Å². The molecule has 0 aliphatic carbocycles. The van der Waals surface area contributed by atoms with Crippen molar-refractivity contribution < 1.29 is 13.2 Å². The van der Waals surface area contributed by atoms with Gasteiger partial charge in [-0.2, -0.15) is 4.72 Å². The molecular formula is C20H16N4O3S. The summed E-state index contributed by atoms with van der Waals surface area (Å²) in [6.07, 6.45) is 8.07. The zero-order chi connectivity index (χ0) is 20.0. The standard InChI is InChI=1S/C20H16N4O3S/c1-2-12-23-28(26,27)18-10-8-16(9-11-18)20(25)24-17-13-21-19(22-14-17)15-6-4-3-5-7-15/h1,3-11,13-14,23H,12H2,(H,24,25). The van der Waals surface area contributed by atoms with Crippen LogP contribution in [-0.2, 0) is 10.0 Å². The summed E-state index contributed by atoms with van der Waals surface area (Å²) in [5.74, 6) is 2.34. The molecule has 3 aromatic rings. The van der Waals surface area contributed by atoms with Gasteiger partial charge < -0.3 is 5.32 Å². The number of anilines is 1. The molecule has 28 heavy (non-hydrogen) atoms. The van der Waals surface area contributed by atoms with Crippen LogP contribution < -0.4 is 10.0 Å². The maximum atomic E-state index is 12.3. The van der Waals surface area contributed by atoms with Crippen molar-refractivity contribution in [3.05, 3.63) is 72.6 Å². The molecule has 140 valence electrons. The molecule has 7 nitrogen and oxygen atoms in total. The lowest BCUT2D eigenvalue weighted by Crippen LogP contribution is -2.24. The van der Waals surface area contributed by atoms with E-state index in [2.05, 4.69) is 25.9 Å². The second-order valence-corrected chi connectivity index (χ2v) is 7.44. The number of sulfonamides is 1. The molecule has 8 heteroatoms. The normalized spacial score (nSPS) is 10.8. The van der Waals surface area contributed by atoms with Crippen LogP contribution in [-0.4, -0.2) is 30.8 Å². The fourth-order valence-electron chi connectivity index (χ4n) is 2.34. The highest BCUT2D eigenvalue weighted by Crippen LogP contribution is 2.16. The highest BCUT2D eigenvalue weighted by molar-refractivity contribution is 7.89. The van der Waals surface area contributed by atoms with Crippen molar-refractivity contribution in [1.29, 1.82) is 0 Å². The van der Waals surface area contributed by atoms with Crippen LogP contribution in [0.25, 0.3) is 11.4 Å². The fourth-order valence-corrected chi connectivity index (χ4v) is 3.27. The summed E-state index contributed by atoms with van der Waals surface area (Å²) in [5.41, 5.74) is 1.59. The molecule has 0 saturated heterocycles. The van der Waals surface area contributed by atoms with Crippen molar-refractivity contribution in [2.45, 2.75) is 4.90 Å². The Kier molecular flexibility index (Phi) is 5.79. The molecule has 0 bridgehead atoms. The fraction of sp³-hybridized carbons (Fsp3) is 0.0500. The number of terminal acetylenes is 1. The molecule has 0 aliphatic heterocycles. The first-order chi connectivity index (χ1) is 13.5. The number of aromatic nitrogens is 2. The number of nitrogens with one attached hydrogen (secondary N) is 2. The van der Waals surface area contributed by atoms with Crippen molar-refractivity contribution in [3.8, 4) is 23.7 Å². The van der Waals surface area contributed by atoms with E-state index < -0.39 is 15.9 Å². The minimum absolute atomic E-state index is 0.0230. The predicted molar refractivity (Wildman–Crippen MR) is 106 cm³/mol. The molecule has 2 N–H and O–H groups in total. The van der Waals surface area contributed by atoms with Gasteiger partial charge in [0.15, 0.2) is 5.82 Å². The van der Waals surface area contributed by atoms with E-state index in [1.54, 1.807) is 0 Å². The smallest absolute Gasteiger partial charge is 0.255 e. The van der Waals surface area contributed by atoms with Crippen molar-refractivity contribution in [2.75, 3.05) is 11.9 Å². The van der Waals surface area contributed by atoms with E-state index in [4.69, 9.17) is 6.42 Å². The molecule has 0 aliphatic rings. The summed E-state index contributed by atoms with van der Waals surface area (Å²) < 4.78 is 26.2. The zero-order valence-corrected chi connectivity index (χ0v) is 15.5. The van der Waals surface area contributed by atoms with E-state index >= 15 is 0 Å². The molecule has 0 radical (unpaired) electrons. The van der Waals surface area contributed by atoms with Crippen molar-refractivity contribution in [1.82, 2.24) is 14.7 Å². The number of nitrogens with zero attached hydrogens (tertiary/aromatic N) is 2. The Bertz CT molecular complexity index is 1100. The summed E-state index contributed by atoms with van der Waals surface area (Å²) in [6, 6.07) is 15.0. The summed E-state index contributed by atoms with van der Waals surface area (Å²) >= 11 is 0. The molecule has 0 unspecified atom stereocenters. The second kappa shape index (κ2) is 8.43. The number of amides is 1. The maximum Gasteiger partial charge on any atom is 0.255 e. The predicted octanol–water partition coefficient (Wildman–Crippen LogP) is 2.31. The van der Waals surface area contributed by atoms with E-state index in [0.717, 1.165) is 5.56 Å². The summed E-state index contributed by atoms with van der Waals surface area (Å²) in [6.45, 7) is -0.108. The first-order valence-corrected chi connectivity index (χ1v) is 9.70. The summed E-state index contributed by atoms with van der Waals surface area (Å²) in [7, 11) is -3.70. The third-order valence-corrected chi connectivity index (χ3v) is 5.15. The highest BCUT2D eigenvalue weighted by Gasteiger charge is 2.14.